The fraction of sp³-hybridized carbons (Fsp3) is 0.235. The summed E-state index contributed by atoms with van der Waals surface area (Å²) in [6, 6.07) is 24.5. The van der Waals surface area contributed by atoms with Gasteiger partial charge < -0.3 is 19.9 Å². The van der Waals surface area contributed by atoms with Gasteiger partial charge >= 0.3 is 0 Å². The Morgan fingerprint density at radius 1 is 0.915 bits per heavy atom. The summed E-state index contributed by atoms with van der Waals surface area (Å²) in [6.45, 7) is 0.348. The van der Waals surface area contributed by atoms with E-state index < -0.39 is 33.1 Å². The molecular formula is C34H30Cl4N2O6S. The van der Waals surface area contributed by atoms with E-state index in [1.807, 2.05) is 0 Å². The zero-order chi connectivity index (χ0) is 33.6. The highest BCUT2D eigenvalue weighted by atomic mass is 35.5. The summed E-state index contributed by atoms with van der Waals surface area (Å²) in [6.07, 6.45) is -0.902. The number of aliphatic hydroxyl groups excluding tert-OH is 1. The Bertz CT molecular complexity index is 1870. The van der Waals surface area contributed by atoms with E-state index in [4.69, 9.17) is 66.0 Å². The first-order valence-electron chi connectivity index (χ1n) is 14.6. The summed E-state index contributed by atoms with van der Waals surface area (Å²) >= 11 is 25.4. The van der Waals surface area contributed by atoms with Crippen LogP contribution in [0.1, 0.15) is 35.6 Å². The van der Waals surface area contributed by atoms with Gasteiger partial charge in [-0.3, -0.25) is 4.79 Å². The largest absolute Gasteiger partial charge is 0.494 e. The third kappa shape index (κ3) is 8.23. The van der Waals surface area contributed by atoms with Crippen LogP contribution in [0.4, 0.5) is 0 Å². The molecule has 0 aromatic heterocycles. The third-order valence-electron chi connectivity index (χ3n) is 7.58. The maximum absolute atomic E-state index is 14.4. The number of aliphatic hydroxyl groups is 1. The lowest BCUT2D eigenvalue weighted by Gasteiger charge is -2.31. The molecule has 13 heteroatoms. The second-order valence-corrected chi connectivity index (χ2v) is 14.6. The van der Waals surface area contributed by atoms with E-state index in [-0.39, 0.29) is 35.4 Å². The highest BCUT2D eigenvalue weighted by Gasteiger charge is 2.54. The predicted molar refractivity (Wildman–Crippen MR) is 185 cm³/mol. The average molecular weight is 737 g/mol. The molecule has 4 aromatic carbocycles. The fourth-order valence-corrected chi connectivity index (χ4v) is 7.46. The highest BCUT2D eigenvalue weighted by Crippen LogP contribution is 2.45. The molecule has 246 valence electrons. The average Bonchev–Trinajstić information content (AvgIpc) is 3.45. The van der Waals surface area contributed by atoms with Crippen LogP contribution in [-0.2, 0) is 25.9 Å². The van der Waals surface area contributed by atoms with Crippen molar-refractivity contribution in [2.75, 3.05) is 19.0 Å². The minimum absolute atomic E-state index is 0.00569. The number of hydrogen-bond acceptors (Lipinski definition) is 7. The van der Waals surface area contributed by atoms with Crippen molar-refractivity contribution >= 4 is 68.0 Å². The van der Waals surface area contributed by atoms with Gasteiger partial charge in [-0.15, -0.1) is 0 Å². The standard InChI is InChI=1S/C34H30Cl4N2O6S/c35-24-10-7-23(29(37)19-24)21-39-33(42)34(15-18-47(43,44)27-5-2-1-3-6-27)31(28-14-11-25(36)20-30(28)38)46-32(40-34)22-8-12-26(13-9-22)45-17-4-16-41/h1-3,5-14,19-20,31,41H,4,15-18,21H2,(H,39,42)/t31-,34-/m1/s1. The molecular weight excluding hydrogens is 706 g/mol. The SMILES string of the molecule is O=C(NCc1ccc(Cl)cc1Cl)[C@]1(CCS(=O)(=O)c2ccccc2)N=C(c2ccc(OCCCO)cc2)O[C@@H]1c1ccc(Cl)cc1Cl. The fourth-order valence-electron chi connectivity index (χ4n) is 5.09. The van der Waals surface area contributed by atoms with Crippen LogP contribution in [0.2, 0.25) is 20.1 Å². The number of sulfone groups is 1. The van der Waals surface area contributed by atoms with E-state index in [1.165, 1.54) is 18.2 Å². The van der Waals surface area contributed by atoms with Gasteiger partial charge in [0.2, 0.25) is 5.90 Å². The minimum atomic E-state index is -3.85. The lowest BCUT2D eigenvalue weighted by Crippen LogP contribution is -2.49. The molecule has 0 saturated carbocycles. The van der Waals surface area contributed by atoms with Gasteiger partial charge in [0.05, 0.1) is 17.3 Å². The van der Waals surface area contributed by atoms with E-state index in [9.17, 15) is 13.2 Å². The summed E-state index contributed by atoms with van der Waals surface area (Å²) in [5.74, 6) is -0.344. The number of halogens is 4. The molecule has 0 saturated heterocycles. The molecule has 8 nitrogen and oxygen atoms in total. The number of amides is 1. The van der Waals surface area contributed by atoms with Crippen molar-refractivity contribution in [3.63, 3.8) is 0 Å². The number of carbonyl (C=O) groups is 1. The molecule has 1 amide bonds. The number of nitrogens with one attached hydrogen (secondary N) is 1. The smallest absolute Gasteiger partial charge is 0.252 e. The van der Waals surface area contributed by atoms with E-state index in [2.05, 4.69) is 5.32 Å². The monoisotopic (exact) mass is 734 g/mol. The first kappa shape index (κ1) is 35.0. The van der Waals surface area contributed by atoms with Gasteiger partial charge in [0.25, 0.3) is 5.91 Å². The lowest BCUT2D eigenvalue weighted by atomic mass is 9.85. The van der Waals surface area contributed by atoms with Crippen molar-refractivity contribution in [1.29, 1.82) is 0 Å². The summed E-state index contributed by atoms with van der Waals surface area (Å²) in [5.41, 5.74) is -0.270. The minimum Gasteiger partial charge on any atom is -0.494 e. The van der Waals surface area contributed by atoms with Gasteiger partial charge in [0.15, 0.2) is 21.5 Å². The van der Waals surface area contributed by atoms with E-state index in [1.54, 1.807) is 72.8 Å². The zero-order valence-electron chi connectivity index (χ0n) is 24.8. The summed E-state index contributed by atoms with van der Waals surface area (Å²) in [7, 11) is -3.85. The molecule has 0 unspecified atom stereocenters. The van der Waals surface area contributed by atoms with Gasteiger partial charge in [-0.05, 0) is 66.2 Å². The topological polar surface area (TPSA) is 114 Å². The Kier molecular flexibility index (Phi) is 11.4. The number of nitrogens with zero attached hydrogens (tertiary/aromatic N) is 1. The second-order valence-electron chi connectivity index (χ2n) is 10.8. The Labute approximate surface area is 293 Å². The van der Waals surface area contributed by atoms with Gasteiger partial charge in [-0.1, -0.05) is 76.7 Å². The van der Waals surface area contributed by atoms with E-state index in [0.29, 0.717) is 50.5 Å². The molecule has 47 heavy (non-hydrogen) atoms. The first-order chi connectivity index (χ1) is 22.5. The number of aliphatic imine (C=N–C) groups is 1. The Morgan fingerprint density at radius 3 is 2.26 bits per heavy atom. The number of ether oxygens (including phenoxy) is 2. The highest BCUT2D eigenvalue weighted by molar-refractivity contribution is 7.91. The molecule has 2 N–H and O–H groups in total. The second kappa shape index (κ2) is 15.3. The summed E-state index contributed by atoms with van der Waals surface area (Å²) in [4.78, 5) is 19.4. The molecule has 1 heterocycles. The molecule has 0 radical (unpaired) electrons. The van der Waals surface area contributed by atoms with Crippen molar-refractivity contribution in [2.45, 2.75) is 35.9 Å². The van der Waals surface area contributed by atoms with Gasteiger partial charge in [-0.2, -0.15) is 0 Å². The Balaban J connectivity index is 1.58. The van der Waals surface area contributed by atoms with Crippen LogP contribution >= 0.6 is 46.4 Å². The quantitative estimate of drug-likeness (QED) is 0.138. The molecule has 2 atom stereocenters. The van der Waals surface area contributed by atoms with Crippen LogP contribution in [0, 0.1) is 0 Å². The zero-order valence-corrected chi connectivity index (χ0v) is 28.7. The Morgan fingerprint density at radius 2 is 1.60 bits per heavy atom. The van der Waals surface area contributed by atoms with E-state index in [0.717, 1.165) is 0 Å². The first-order valence-corrected chi connectivity index (χ1v) is 17.7. The number of hydrogen-bond donors (Lipinski definition) is 2. The van der Waals surface area contributed by atoms with Crippen molar-refractivity contribution < 1.29 is 27.8 Å². The van der Waals surface area contributed by atoms with Crippen LogP contribution in [0.15, 0.2) is 101 Å². The van der Waals surface area contributed by atoms with Gasteiger partial charge in [0.1, 0.15) is 5.75 Å². The third-order valence-corrected chi connectivity index (χ3v) is 10.5. The lowest BCUT2D eigenvalue weighted by molar-refractivity contribution is -0.129. The number of benzene rings is 4. The molecule has 0 fully saturated rings. The van der Waals surface area contributed by atoms with Crippen LogP contribution in [0.25, 0.3) is 0 Å². The summed E-state index contributed by atoms with van der Waals surface area (Å²) < 4.78 is 39.2. The van der Waals surface area contributed by atoms with Gasteiger partial charge in [-0.25, -0.2) is 13.4 Å². The Hall–Kier alpha value is -3.31. The van der Waals surface area contributed by atoms with Crippen LogP contribution in [-0.4, -0.2) is 49.8 Å². The molecule has 0 aliphatic carbocycles. The van der Waals surface area contributed by atoms with Crippen molar-refractivity contribution in [3.8, 4) is 5.75 Å². The molecule has 0 spiro atoms. The molecule has 5 rings (SSSR count). The maximum atomic E-state index is 14.4. The molecule has 4 aromatic rings. The molecule has 1 aliphatic rings. The number of rotatable bonds is 13. The van der Waals surface area contributed by atoms with Crippen LogP contribution in [0.5, 0.6) is 5.75 Å². The van der Waals surface area contributed by atoms with E-state index >= 15 is 0 Å². The normalized spacial score (nSPS) is 17.6. The van der Waals surface area contributed by atoms with Gasteiger partial charge in [0, 0.05) is 57.2 Å². The van der Waals surface area contributed by atoms with Crippen molar-refractivity contribution in [3.05, 3.63) is 128 Å². The predicted octanol–water partition coefficient (Wildman–Crippen LogP) is 7.50. The molecule has 0 bridgehead atoms. The van der Waals surface area contributed by atoms with Crippen molar-refractivity contribution in [2.24, 2.45) is 4.99 Å². The van der Waals surface area contributed by atoms with Crippen LogP contribution < -0.4 is 10.1 Å². The maximum Gasteiger partial charge on any atom is 0.252 e. The van der Waals surface area contributed by atoms with Crippen LogP contribution in [0.3, 0.4) is 0 Å². The molecule has 1 aliphatic heterocycles. The summed E-state index contributed by atoms with van der Waals surface area (Å²) in [5, 5.41) is 13.3. The van der Waals surface area contributed by atoms with Crippen molar-refractivity contribution in [1.82, 2.24) is 5.32 Å². The number of carbonyl (C=O) groups excluding carboxylic acids is 1.